The molecule has 0 fully saturated rings. The molecule has 0 N–H and O–H groups in total. The van der Waals surface area contributed by atoms with Gasteiger partial charge in [-0.25, -0.2) is 18.7 Å². The van der Waals surface area contributed by atoms with Crippen molar-refractivity contribution in [3.63, 3.8) is 0 Å². The quantitative estimate of drug-likeness (QED) is 0.395. The van der Waals surface area contributed by atoms with Crippen molar-refractivity contribution >= 4 is 11.9 Å². The highest BCUT2D eigenvalue weighted by Crippen LogP contribution is 2.31. The number of esters is 2. The Labute approximate surface area is 190 Å². The second kappa shape index (κ2) is 9.08. The lowest BCUT2D eigenvalue weighted by Gasteiger charge is -2.08. The molecule has 0 saturated carbocycles. The van der Waals surface area contributed by atoms with E-state index in [0.717, 1.165) is 16.7 Å². The van der Waals surface area contributed by atoms with E-state index in [1.54, 1.807) is 42.5 Å². The van der Waals surface area contributed by atoms with Gasteiger partial charge in [-0.15, -0.1) is 0 Å². The van der Waals surface area contributed by atoms with Gasteiger partial charge in [0.15, 0.2) is 5.69 Å². The average molecular weight is 444 g/mol. The number of carbonyl (C=O) groups is 2. The molecule has 1 aromatic heterocycles. The van der Waals surface area contributed by atoms with E-state index < -0.39 is 11.9 Å². The fourth-order valence-electron chi connectivity index (χ4n) is 3.72. The van der Waals surface area contributed by atoms with Gasteiger partial charge in [0, 0.05) is 5.56 Å². The molecule has 33 heavy (non-hydrogen) atoms. The van der Waals surface area contributed by atoms with Gasteiger partial charge in [0.2, 0.25) is 0 Å². The van der Waals surface area contributed by atoms with Crippen molar-refractivity contribution in [2.24, 2.45) is 0 Å². The van der Waals surface area contributed by atoms with Crippen molar-refractivity contribution in [1.82, 2.24) is 9.78 Å². The van der Waals surface area contributed by atoms with Gasteiger partial charge in [-0.1, -0.05) is 48.5 Å². The zero-order chi connectivity index (χ0) is 23.5. The summed E-state index contributed by atoms with van der Waals surface area (Å²) in [5.41, 5.74) is 4.05. The SMILES string of the molecule is COC(=O)c1c(-c2ccc(-c3ccc(F)cc3C)cc2)nn(-c2ccccc2)c1C(=O)OC. The van der Waals surface area contributed by atoms with Crippen LogP contribution >= 0.6 is 0 Å². The molecular weight excluding hydrogens is 423 g/mol. The molecule has 7 heteroatoms. The van der Waals surface area contributed by atoms with Gasteiger partial charge in [-0.2, -0.15) is 5.10 Å². The first-order valence-electron chi connectivity index (χ1n) is 10.2. The lowest BCUT2D eigenvalue weighted by molar-refractivity contribution is 0.0549. The van der Waals surface area contributed by atoms with Crippen LogP contribution in [0.4, 0.5) is 4.39 Å². The van der Waals surface area contributed by atoms with Crippen LogP contribution in [0.5, 0.6) is 0 Å². The minimum atomic E-state index is -0.712. The van der Waals surface area contributed by atoms with Crippen molar-refractivity contribution < 1.29 is 23.5 Å². The fraction of sp³-hybridized carbons (Fsp3) is 0.115. The van der Waals surface area contributed by atoms with Gasteiger partial charge in [-0.05, 0) is 47.9 Å². The van der Waals surface area contributed by atoms with Crippen LogP contribution in [0.3, 0.4) is 0 Å². The van der Waals surface area contributed by atoms with Crippen LogP contribution < -0.4 is 0 Å². The number of ether oxygens (including phenoxy) is 2. The summed E-state index contributed by atoms with van der Waals surface area (Å²) in [7, 11) is 2.48. The third-order valence-electron chi connectivity index (χ3n) is 5.31. The van der Waals surface area contributed by atoms with Crippen molar-refractivity contribution in [1.29, 1.82) is 0 Å². The van der Waals surface area contributed by atoms with Crippen molar-refractivity contribution in [3.8, 4) is 28.1 Å². The van der Waals surface area contributed by atoms with E-state index in [1.807, 2.05) is 25.1 Å². The molecule has 166 valence electrons. The largest absolute Gasteiger partial charge is 0.465 e. The molecule has 0 radical (unpaired) electrons. The summed E-state index contributed by atoms with van der Waals surface area (Å²) in [6.07, 6.45) is 0. The predicted octanol–water partition coefficient (Wildman–Crippen LogP) is 5.23. The Hall–Kier alpha value is -4.26. The maximum absolute atomic E-state index is 13.5. The topological polar surface area (TPSA) is 70.4 Å². The molecule has 0 saturated heterocycles. The number of nitrogens with zero attached hydrogens (tertiary/aromatic N) is 2. The summed E-state index contributed by atoms with van der Waals surface area (Å²) in [4.78, 5) is 25.4. The first-order valence-corrected chi connectivity index (χ1v) is 10.2. The van der Waals surface area contributed by atoms with Crippen LogP contribution in [0.2, 0.25) is 0 Å². The Morgan fingerprint density at radius 2 is 1.48 bits per heavy atom. The van der Waals surface area contributed by atoms with E-state index in [4.69, 9.17) is 9.47 Å². The van der Waals surface area contributed by atoms with Gasteiger partial charge < -0.3 is 9.47 Å². The molecule has 4 aromatic rings. The van der Waals surface area contributed by atoms with Crippen molar-refractivity contribution in [2.75, 3.05) is 14.2 Å². The number of carbonyl (C=O) groups excluding carboxylic acids is 2. The van der Waals surface area contributed by atoms with E-state index in [2.05, 4.69) is 5.10 Å². The van der Waals surface area contributed by atoms with E-state index in [1.165, 1.54) is 31.0 Å². The van der Waals surface area contributed by atoms with Crippen LogP contribution in [0, 0.1) is 12.7 Å². The first kappa shape index (κ1) is 22.0. The highest BCUT2D eigenvalue weighted by Gasteiger charge is 2.31. The maximum Gasteiger partial charge on any atom is 0.357 e. The Bertz CT molecular complexity index is 1330. The Morgan fingerprint density at radius 3 is 2.09 bits per heavy atom. The van der Waals surface area contributed by atoms with Crippen LogP contribution in [0.15, 0.2) is 72.8 Å². The number of rotatable bonds is 5. The number of benzene rings is 3. The molecule has 0 bridgehead atoms. The van der Waals surface area contributed by atoms with Gasteiger partial charge in [0.1, 0.15) is 17.1 Å². The normalized spacial score (nSPS) is 10.7. The standard InChI is InChI=1S/C26H21FN2O4/c1-16-15-19(27)13-14-21(16)17-9-11-18(12-10-17)23-22(25(30)32-2)24(26(31)33-3)29(28-23)20-7-5-4-6-8-20/h4-15H,1-3H3. The van der Waals surface area contributed by atoms with Gasteiger partial charge in [0.05, 0.1) is 19.9 Å². The minimum absolute atomic E-state index is 0.0129. The molecule has 0 aliphatic carbocycles. The molecular formula is C26H21FN2O4. The summed E-state index contributed by atoms with van der Waals surface area (Å²) in [6, 6.07) is 20.9. The molecule has 3 aromatic carbocycles. The molecule has 0 aliphatic rings. The first-order chi connectivity index (χ1) is 15.9. The van der Waals surface area contributed by atoms with E-state index in [9.17, 15) is 14.0 Å². The van der Waals surface area contributed by atoms with Gasteiger partial charge in [0.25, 0.3) is 0 Å². The maximum atomic E-state index is 13.5. The molecule has 6 nitrogen and oxygen atoms in total. The molecule has 0 amide bonds. The number of hydrogen-bond donors (Lipinski definition) is 0. The second-order valence-electron chi connectivity index (χ2n) is 7.34. The zero-order valence-electron chi connectivity index (χ0n) is 18.3. The molecule has 0 atom stereocenters. The molecule has 0 aliphatic heterocycles. The van der Waals surface area contributed by atoms with Crippen LogP contribution in [-0.4, -0.2) is 35.9 Å². The zero-order valence-corrected chi connectivity index (χ0v) is 18.3. The van der Waals surface area contributed by atoms with E-state index in [-0.39, 0.29) is 22.8 Å². The summed E-state index contributed by atoms with van der Waals surface area (Å²) in [5.74, 6) is -1.71. The summed E-state index contributed by atoms with van der Waals surface area (Å²) < 4.78 is 24.8. The fourth-order valence-corrected chi connectivity index (χ4v) is 3.72. The number of aryl methyl sites for hydroxylation is 1. The minimum Gasteiger partial charge on any atom is -0.465 e. The molecule has 4 rings (SSSR count). The number of hydrogen-bond acceptors (Lipinski definition) is 5. The third-order valence-corrected chi connectivity index (χ3v) is 5.31. The van der Waals surface area contributed by atoms with Crippen LogP contribution in [0.1, 0.15) is 26.4 Å². The Kier molecular flexibility index (Phi) is 6.04. The predicted molar refractivity (Wildman–Crippen MR) is 122 cm³/mol. The number of methoxy groups -OCH3 is 2. The lowest BCUT2D eigenvalue weighted by Crippen LogP contribution is -2.15. The highest BCUT2D eigenvalue weighted by molar-refractivity contribution is 6.06. The Balaban J connectivity index is 1.89. The number of aromatic nitrogens is 2. The Morgan fingerprint density at radius 1 is 0.848 bits per heavy atom. The number of halogens is 1. The van der Waals surface area contributed by atoms with Crippen molar-refractivity contribution in [2.45, 2.75) is 6.92 Å². The molecule has 0 spiro atoms. The molecule has 1 heterocycles. The molecule has 0 unspecified atom stereocenters. The van der Waals surface area contributed by atoms with Crippen molar-refractivity contribution in [3.05, 3.63) is 95.4 Å². The van der Waals surface area contributed by atoms with Crippen LogP contribution in [0.25, 0.3) is 28.1 Å². The van der Waals surface area contributed by atoms with Crippen LogP contribution in [-0.2, 0) is 9.47 Å². The summed E-state index contributed by atoms with van der Waals surface area (Å²) >= 11 is 0. The summed E-state index contributed by atoms with van der Waals surface area (Å²) in [6.45, 7) is 1.84. The average Bonchev–Trinajstić information content (AvgIpc) is 3.24. The monoisotopic (exact) mass is 444 g/mol. The second-order valence-corrected chi connectivity index (χ2v) is 7.34. The number of para-hydroxylation sites is 1. The summed E-state index contributed by atoms with van der Waals surface area (Å²) in [5, 5.41) is 4.59. The van der Waals surface area contributed by atoms with Gasteiger partial charge in [-0.3, -0.25) is 0 Å². The highest BCUT2D eigenvalue weighted by atomic mass is 19.1. The van der Waals surface area contributed by atoms with E-state index in [0.29, 0.717) is 11.3 Å². The third kappa shape index (κ3) is 4.13. The van der Waals surface area contributed by atoms with E-state index >= 15 is 0 Å². The lowest BCUT2D eigenvalue weighted by atomic mass is 9.98. The smallest absolute Gasteiger partial charge is 0.357 e. The van der Waals surface area contributed by atoms with Gasteiger partial charge >= 0.3 is 11.9 Å².